The van der Waals surface area contributed by atoms with Gasteiger partial charge in [0.15, 0.2) is 0 Å². The first-order chi connectivity index (χ1) is 8.04. The third-order valence-corrected chi connectivity index (χ3v) is 3.08. The molecule has 0 saturated heterocycles. The van der Waals surface area contributed by atoms with Crippen molar-refractivity contribution in [2.75, 3.05) is 0 Å². The van der Waals surface area contributed by atoms with Gasteiger partial charge in [0.05, 0.1) is 11.0 Å². The second kappa shape index (κ2) is 4.91. The number of carboxylic acid groups (broad SMARTS) is 1. The Hall–Kier alpha value is -1.04. The Labute approximate surface area is 111 Å². The largest absolute Gasteiger partial charge is 0.481 e. The Morgan fingerprint density at radius 3 is 2.33 bits per heavy atom. The quantitative estimate of drug-likeness (QED) is 0.908. The van der Waals surface area contributed by atoms with Gasteiger partial charge in [-0.1, -0.05) is 22.0 Å². The molecule has 0 unspecified atom stereocenters. The highest BCUT2D eigenvalue weighted by Crippen LogP contribution is 2.36. The molecule has 100 valence electrons. The minimum absolute atomic E-state index is 0.0156. The van der Waals surface area contributed by atoms with Gasteiger partial charge in [-0.05, 0) is 38.0 Å². The molecule has 0 atom stereocenters. The summed E-state index contributed by atoms with van der Waals surface area (Å²) in [7, 11) is 0. The van der Waals surface area contributed by atoms with Crippen molar-refractivity contribution in [2.45, 2.75) is 26.4 Å². The fourth-order valence-corrected chi connectivity index (χ4v) is 1.88. The van der Waals surface area contributed by atoms with Crippen LogP contribution in [0.5, 0.6) is 0 Å². The molecule has 1 aromatic carbocycles. The highest BCUT2D eigenvalue weighted by molar-refractivity contribution is 9.10. The molecule has 0 spiro atoms. The number of halogens is 4. The molecule has 1 rings (SSSR count). The maximum absolute atomic E-state index is 12.8. The first-order valence-electron chi connectivity index (χ1n) is 5.13. The second-order valence-electron chi connectivity index (χ2n) is 4.67. The minimum Gasteiger partial charge on any atom is -0.481 e. The van der Waals surface area contributed by atoms with Crippen LogP contribution in [0.3, 0.4) is 0 Å². The average Bonchev–Trinajstić information content (AvgIpc) is 2.18. The first kappa shape index (κ1) is 15.0. The Balaban J connectivity index is 3.22. The van der Waals surface area contributed by atoms with E-state index in [9.17, 15) is 18.0 Å². The Kier molecular flexibility index (Phi) is 4.10. The van der Waals surface area contributed by atoms with Gasteiger partial charge in [0.25, 0.3) is 0 Å². The van der Waals surface area contributed by atoms with Crippen molar-refractivity contribution in [3.63, 3.8) is 0 Å². The van der Waals surface area contributed by atoms with Gasteiger partial charge >= 0.3 is 12.1 Å². The van der Waals surface area contributed by atoms with E-state index in [1.807, 2.05) is 0 Å². The van der Waals surface area contributed by atoms with E-state index in [2.05, 4.69) is 15.9 Å². The fraction of sp³-hybridized carbons (Fsp3) is 0.417. The van der Waals surface area contributed by atoms with Crippen LogP contribution in [0.2, 0.25) is 0 Å². The predicted octanol–water partition coefficient (Wildman–Crippen LogP) is 4.12. The molecule has 0 aromatic heterocycles. The molecule has 0 fully saturated rings. The summed E-state index contributed by atoms with van der Waals surface area (Å²) in [6.45, 7) is 2.80. The molecular weight excluding hydrogens is 313 g/mol. The molecule has 0 aliphatic heterocycles. The Morgan fingerprint density at radius 1 is 1.33 bits per heavy atom. The zero-order chi connectivity index (χ0) is 14.1. The summed E-state index contributed by atoms with van der Waals surface area (Å²) >= 11 is 2.98. The summed E-state index contributed by atoms with van der Waals surface area (Å²) in [4.78, 5) is 11.0. The molecular formula is C12H12BrF3O2. The lowest BCUT2D eigenvalue weighted by molar-refractivity contribution is -0.148. The standard InChI is InChI=1S/C12H12BrF3O2/c1-11(2,10(17)18)6-7-3-4-8(13)5-9(7)12(14,15)16/h3-5H,6H2,1-2H3,(H,17,18). The van der Waals surface area contributed by atoms with Crippen molar-refractivity contribution < 1.29 is 23.1 Å². The monoisotopic (exact) mass is 324 g/mol. The number of benzene rings is 1. The van der Waals surface area contributed by atoms with Crippen LogP contribution in [0.1, 0.15) is 25.0 Å². The van der Waals surface area contributed by atoms with E-state index >= 15 is 0 Å². The SMILES string of the molecule is CC(C)(Cc1ccc(Br)cc1C(F)(F)F)C(=O)O. The summed E-state index contributed by atoms with van der Waals surface area (Å²) in [6.07, 6.45) is -4.67. The first-order valence-corrected chi connectivity index (χ1v) is 5.92. The summed E-state index contributed by atoms with van der Waals surface area (Å²) in [5.74, 6) is -1.13. The van der Waals surface area contributed by atoms with E-state index in [1.54, 1.807) is 0 Å². The molecule has 0 aliphatic carbocycles. The maximum Gasteiger partial charge on any atom is 0.416 e. The predicted molar refractivity (Wildman–Crippen MR) is 64.3 cm³/mol. The highest BCUT2D eigenvalue weighted by Gasteiger charge is 2.36. The van der Waals surface area contributed by atoms with Crippen LogP contribution in [0, 0.1) is 5.41 Å². The van der Waals surface area contributed by atoms with E-state index < -0.39 is 23.1 Å². The minimum atomic E-state index is -4.49. The Bertz CT molecular complexity index is 467. The van der Waals surface area contributed by atoms with Crippen LogP contribution >= 0.6 is 15.9 Å². The maximum atomic E-state index is 12.8. The van der Waals surface area contributed by atoms with Crippen molar-refractivity contribution >= 4 is 21.9 Å². The molecule has 1 N–H and O–H groups in total. The van der Waals surface area contributed by atoms with Crippen molar-refractivity contribution in [1.82, 2.24) is 0 Å². The lowest BCUT2D eigenvalue weighted by Gasteiger charge is -2.22. The normalized spacial score (nSPS) is 12.6. The fourth-order valence-electron chi connectivity index (χ4n) is 1.52. The van der Waals surface area contributed by atoms with Gasteiger partial charge in [-0.3, -0.25) is 4.79 Å². The summed E-state index contributed by atoms with van der Waals surface area (Å²) in [6, 6.07) is 3.74. The van der Waals surface area contributed by atoms with E-state index in [1.165, 1.54) is 26.0 Å². The lowest BCUT2D eigenvalue weighted by Crippen LogP contribution is -2.27. The average molecular weight is 325 g/mol. The number of hydrogen-bond acceptors (Lipinski definition) is 1. The van der Waals surface area contributed by atoms with Crippen molar-refractivity contribution in [2.24, 2.45) is 5.41 Å². The van der Waals surface area contributed by atoms with Gasteiger partial charge in [0, 0.05) is 4.47 Å². The van der Waals surface area contributed by atoms with Crippen molar-refractivity contribution in [3.8, 4) is 0 Å². The van der Waals surface area contributed by atoms with E-state index in [4.69, 9.17) is 5.11 Å². The number of hydrogen-bond donors (Lipinski definition) is 1. The number of carboxylic acids is 1. The number of carbonyl (C=O) groups is 1. The molecule has 0 bridgehead atoms. The van der Waals surface area contributed by atoms with E-state index in [0.717, 1.165) is 6.07 Å². The van der Waals surface area contributed by atoms with Crippen LogP contribution in [0.25, 0.3) is 0 Å². The third-order valence-electron chi connectivity index (χ3n) is 2.59. The molecule has 0 aliphatic rings. The summed E-state index contributed by atoms with van der Waals surface area (Å²) in [5.41, 5.74) is -2.06. The van der Waals surface area contributed by atoms with E-state index in [0.29, 0.717) is 4.47 Å². The molecule has 0 amide bonds. The van der Waals surface area contributed by atoms with Gasteiger partial charge in [-0.2, -0.15) is 13.2 Å². The highest BCUT2D eigenvalue weighted by atomic mass is 79.9. The van der Waals surface area contributed by atoms with Gasteiger partial charge in [0.2, 0.25) is 0 Å². The Morgan fingerprint density at radius 2 is 1.89 bits per heavy atom. The van der Waals surface area contributed by atoms with E-state index in [-0.39, 0.29) is 12.0 Å². The number of rotatable bonds is 3. The molecule has 0 heterocycles. The zero-order valence-corrected chi connectivity index (χ0v) is 11.4. The smallest absolute Gasteiger partial charge is 0.416 e. The van der Waals surface area contributed by atoms with Crippen LogP contribution in [-0.2, 0) is 17.4 Å². The molecule has 1 aromatic rings. The van der Waals surface area contributed by atoms with Crippen molar-refractivity contribution in [1.29, 1.82) is 0 Å². The van der Waals surface area contributed by atoms with Gasteiger partial charge in [-0.15, -0.1) is 0 Å². The molecule has 0 saturated carbocycles. The number of alkyl halides is 3. The zero-order valence-electron chi connectivity index (χ0n) is 9.81. The van der Waals surface area contributed by atoms with Gasteiger partial charge < -0.3 is 5.11 Å². The van der Waals surface area contributed by atoms with Crippen LogP contribution < -0.4 is 0 Å². The van der Waals surface area contributed by atoms with Crippen molar-refractivity contribution in [3.05, 3.63) is 33.8 Å². The van der Waals surface area contributed by atoms with Gasteiger partial charge in [0.1, 0.15) is 0 Å². The van der Waals surface area contributed by atoms with Gasteiger partial charge in [-0.25, -0.2) is 0 Å². The molecule has 2 nitrogen and oxygen atoms in total. The topological polar surface area (TPSA) is 37.3 Å². The molecule has 6 heteroatoms. The summed E-state index contributed by atoms with van der Waals surface area (Å²) < 4.78 is 38.8. The third kappa shape index (κ3) is 3.48. The second-order valence-corrected chi connectivity index (χ2v) is 5.58. The van der Waals surface area contributed by atoms with Crippen LogP contribution in [0.4, 0.5) is 13.2 Å². The number of aliphatic carboxylic acids is 1. The molecule has 0 radical (unpaired) electrons. The van der Waals surface area contributed by atoms with Crippen LogP contribution in [0.15, 0.2) is 22.7 Å². The molecule has 18 heavy (non-hydrogen) atoms. The summed E-state index contributed by atoms with van der Waals surface area (Å²) in [5, 5.41) is 8.96. The van der Waals surface area contributed by atoms with Crippen LogP contribution in [-0.4, -0.2) is 11.1 Å². The lowest BCUT2D eigenvalue weighted by atomic mass is 9.84.